The maximum atomic E-state index is 10.3. The fourth-order valence-corrected chi connectivity index (χ4v) is 2.30. The first-order chi connectivity index (χ1) is 9.52. The first-order valence-corrected chi connectivity index (χ1v) is 6.55. The quantitative estimate of drug-likeness (QED) is 0.839. The van der Waals surface area contributed by atoms with Gasteiger partial charge in [-0.25, -0.2) is 0 Å². The summed E-state index contributed by atoms with van der Waals surface area (Å²) in [7, 11) is 1.65. The highest BCUT2D eigenvalue weighted by Gasteiger charge is 2.14. The topological polar surface area (TPSA) is 68.4 Å². The Morgan fingerprint density at radius 1 is 1.25 bits per heavy atom. The van der Waals surface area contributed by atoms with E-state index in [4.69, 9.17) is 10.5 Å². The lowest BCUT2D eigenvalue weighted by atomic mass is 10.0. The van der Waals surface area contributed by atoms with Crippen molar-refractivity contribution in [2.24, 2.45) is 0 Å². The highest BCUT2D eigenvalue weighted by Crippen LogP contribution is 2.27. The zero-order valence-electron chi connectivity index (χ0n) is 12.1. The number of aliphatic hydroxyl groups is 1. The van der Waals surface area contributed by atoms with Gasteiger partial charge in [0.2, 0.25) is 0 Å². The van der Waals surface area contributed by atoms with Gasteiger partial charge in [-0.05, 0) is 31.5 Å². The van der Waals surface area contributed by atoms with Gasteiger partial charge in [0.25, 0.3) is 0 Å². The third-order valence-corrected chi connectivity index (χ3v) is 3.46. The molecule has 106 valence electrons. The largest absolute Gasteiger partial charge is 0.496 e. The number of anilines is 1. The Morgan fingerprint density at radius 3 is 2.50 bits per heavy atom. The van der Waals surface area contributed by atoms with Crippen LogP contribution in [0, 0.1) is 13.8 Å². The fraction of sp³-hybridized carbons (Fsp3) is 0.312. The summed E-state index contributed by atoms with van der Waals surface area (Å²) < 4.78 is 5.38. The van der Waals surface area contributed by atoms with Crippen LogP contribution in [0.25, 0.3) is 0 Å². The SMILES string of the molecule is COc1c(C)cnc(CC(O)c2ccc(N)cc2)c1C. The molecule has 0 fully saturated rings. The van der Waals surface area contributed by atoms with E-state index in [1.54, 1.807) is 25.4 Å². The van der Waals surface area contributed by atoms with Crippen molar-refractivity contribution in [2.75, 3.05) is 12.8 Å². The molecule has 2 rings (SSSR count). The lowest BCUT2D eigenvalue weighted by Crippen LogP contribution is -2.07. The van der Waals surface area contributed by atoms with Gasteiger partial charge in [-0.2, -0.15) is 0 Å². The summed E-state index contributed by atoms with van der Waals surface area (Å²) in [5.74, 6) is 0.833. The molecule has 0 saturated heterocycles. The third-order valence-electron chi connectivity index (χ3n) is 3.46. The predicted molar refractivity (Wildman–Crippen MR) is 79.8 cm³/mol. The number of methoxy groups -OCH3 is 1. The zero-order valence-corrected chi connectivity index (χ0v) is 12.1. The Kier molecular flexibility index (Phi) is 4.25. The Bertz CT molecular complexity index is 594. The first-order valence-electron chi connectivity index (χ1n) is 6.55. The van der Waals surface area contributed by atoms with Gasteiger partial charge in [0.05, 0.1) is 13.2 Å². The second kappa shape index (κ2) is 5.92. The summed E-state index contributed by atoms with van der Waals surface area (Å²) in [6.45, 7) is 3.92. The van der Waals surface area contributed by atoms with E-state index in [0.717, 1.165) is 28.1 Å². The molecule has 0 radical (unpaired) electrons. The lowest BCUT2D eigenvalue weighted by Gasteiger charge is -2.15. The summed E-state index contributed by atoms with van der Waals surface area (Å²) in [5, 5.41) is 10.3. The second-order valence-corrected chi connectivity index (χ2v) is 4.93. The molecule has 0 aliphatic rings. The molecule has 2 aromatic rings. The molecule has 1 aromatic heterocycles. The van der Waals surface area contributed by atoms with Gasteiger partial charge < -0.3 is 15.6 Å². The summed E-state index contributed by atoms with van der Waals surface area (Å²) in [5.41, 5.74) is 9.98. The van der Waals surface area contributed by atoms with Crippen molar-refractivity contribution in [1.29, 1.82) is 0 Å². The van der Waals surface area contributed by atoms with Gasteiger partial charge in [0, 0.05) is 35.1 Å². The molecule has 1 atom stereocenters. The average Bonchev–Trinajstić information content (AvgIpc) is 2.43. The van der Waals surface area contributed by atoms with Crippen LogP contribution >= 0.6 is 0 Å². The third kappa shape index (κ3) is 2.91. The van der Waals surface area contributed by atoms with Crippen LogP contribution < -0.4 is 10.5 Å². The van der Waals surface area contributed by atoms with E-state index in [-0.39, 0.29) is 0 Å². The van der Waals surface area contributed by atoms with Crippen molar-refractivity contribution in [1.82, 2.24) is 4.98 Å². The number of pyridine rings is 1. The number of hydrogen-bond donors (Lipinski definition) is 2. The van der Waals surface area contributed by atoms with E-state index in [1.807, 2.05) is 26.0 Å². The first kappa shape index (κ1) is 14.3. The fourth-order valence-electron chi connectivity index (χ4n) is 2.30. The number of nitrogens with two attached hydrogens (primary N) is 1. The van der Waals surface area contributed by atoms with Crippen molar-refractivity contribution in [2.45, 2.75) is 26.4 Å². The summed E-state index contributed by atoms with van der Waals surface area (Å²) in [6, 6.07) is 7.24. The number of rotatable bonds is 4. The van der Waals surface area contributed by atoms with E-state index in [2.05, 4.69) is 4.98 Å². The van der Waals surface area contributed by atoms with Gasteiger partial charge >= 0.3 is 0 Å². The summed E-state index contributed by atoms with van der Waals surface area (Å²) in [6.07, 6.45) is 1.62. The number of nitrogens with zero attached hydrogens (tertiary/aromatic N) is 1. The van der Waals surface area contributed by atoms with Crippen LogP contribution in [0.4, 0.5) is 5.69 Å². The van der Waals surface area contributed by atoms with Gasteiger partial charge in [-0.15, -0.1) is 0 Å². The maximum absolute atomic E-state index is 10.3. The summed E-state index contributed by atoms with van der Waals surface area (Å²) >= 11 is 0. The van der Waals surface area contributed by atoms with Crippen molar-refractivity contribution in [3.63, 3.8) is 0 Å². The minimum Gasteiger partial charge on any atom is -0.496 e. The van der Waals surface area contributed by atoms with Gasteiger partial charge in [-0.3, -0.25) is 4.98 Å². The molecule has 0 aliphatic carbocycles. The average molecular weight is 272 g/mol. The Morgan fingerprint density at radius 2 is 1.90 bits per heavy atom. The number of benzene rings is 1. The highest BCUT2D eigenvalue weighted by molar-refractivity contribution is 5.42. The summed E-state index contributed by atoms with van der Waals surface area (Å²) in [4.78, 5) is 4.40. The Labute approximate surface area is 119 Å². The molecule has 20 heavy (non-hydrogen) atoms. The number of aliphatic hydroxyl groups excluding tert-OH is 1. The minimum absolute atomic E-state index is 0.451. The van der Waals surface area contributed by atoms with Gasteiger partial charge in [0.1, 0.15) is 5.75 Å². The molecule has 1 aromatic carbocycles. The number of aromatic nitrogens is 1. The zero-order chi connectivity index (χ0) is 14.7. The van der Waals surface area contributed by atoms with Crippen molar-refractivity contribution in [3.8, 4) is 5.75 Å². The van der Waals surface area contributed by atoms with Crippen LogP contribution in [-0.4, -0.2) is 17.2 Å². The molecule has 0 bridgehead atoms. The van der Waals surface area contributed by atoms with Crippen LogP contribution in [0.3, 0.4) is 0 Å². The Balaban J connectivity index is 2.23. The lowest BCUT2D eigenvalue weighted by molar-refractivity contribution is 0.177. The number of aryl methyl sites for hydroxylation is 1. The molecule has 4 heteroatoms. The van der Waals surface area contributed by atoms with E-state index in [1.165, 1.54) is 0 Å². The normalized spacial score (nSPS) is 12.2. The molecule has 0 amide bonds. The number of ether oxygens (including phenoxy) is 1. The monoisotopic (exact) mass is 272 g/mol. The molecular weight excluding hydrogens is 252 g/mol. The Hall–Kier alpha value is -2.07. The van der Waals surface area contributed by atoms with Crippen LogP contribution in [0.5, 0.6) is 5.75 Å². The molecule has 1 unspecified atom stereocenters. The second-order valence-electron chi connectivity index (χ2n) is 4.93. The van der Waals surface area contributed by atoms with Crippen molar-refractivity contribution in [3.05, 3.63) is 52.8 Å². The molecule has 3 N–H and O–H groups in total. The molecular formula is C16H20N2O2. The van der Waals surface area contributed by atoms with Crippen LogP contribution in [0.2, 0.25) is 0 Å². The van der Waals surface area contributed by atoms with E-state index >= 15 is 0 Å². The molecule has 4 nitrogen and oxygen atoms in total. The van der Waals surface area contributed by atoms with Crippen molar-refractivity contribution >= 4 is 5.69 Å². The standard InChI is InChI=1S/C16H20N2O2/c1-10-9-18-14(11(2)16(10)20-3)8-15(19)12-4-6-13(17)7-5-12/h4-7,9,15,19H,8,17H2,1-3H3. The van der Waals surface area contributed by atoms with E-state index in [0.29, 0.717) is 12.1 Å². The van der Waals surface area contributed by atoms with Crippen molar-refractivity contribution < 1.29 is 9.84 Å². The van der Waals surface area contributed by atoms with Gasteiger partial charge in [0.15, 0.2) is 0 Å². The maximum Gasteiger partial charge on any atom is 0.128 e. The minimum atomic E-state index is -0.603. The molecule has 0 aliphatic heterocycles. The van der Waals surface area contributed by atoms with Crippen LogP contribution in [0.1, 0.15) is 28.5 Å². The van der Waals surface area contributed by atoms with E-state index < -0.39 is 6.10 Å². The van der Waals surface area contributed by atoms with Crippen LogP contribution in [0.15, 0.2) is 30.5 Å². The number of nitrogen functional groups attached to an aromatic ring is 1. The van der Waals surface area contributed by atoms with E-state index in [9.17, 15) is 5.11 Å². The molecule has 1 heterocycles. The smallest absolute Gasteiger partial charge is 0.128 e. The van der Waals surface area contributed by atoms with Crippen LogP contribution in [-0.2, 0) is 6.42 Å². The highest BCUT2D eigenvalue weighted by atomic mass is 16.5. The van der Waals surface area contributed by atoms with Gasteiger partial charge in [-0.1, -0.05) is 12.1 Å². The molecule has 0 spiro atoms. The number of hydrogen-bond acceptors (Lipinski definition) is 4. The predicted octanol–water partition coefficient (Wildman–Crippen LogP) is 2.57. The molecule has 0 saturated carbocycles.